The zero-order chi connectivity index (χ0) is 12.8. The van der Waals surface area contributed by atoms with Gasteiger partial charge < -0.3 is 11.1 Å². The molecular formula is C11H22N4O2. The van der Waals surface area contributed by atoms with Gasteiger partial charge in [0.1, 0.15) is 0 Å². The van der Waals surface area contributed by atoms with Crippen molar-refractivity contribution in [2.24, 2.45) is 11.7 Å². The topological polar surface area (TPSA) is 87.5 Å². The molecule has 0 aromatic rings. The van der Waals surface area contributed by atoms with Crippen LogP contribution in [0, 0.1) is 5.92 Å². The number of nitrogens with one attached hydrogen (secondary N) is 2. The van der Waals surface area contributed by atoms with Gasteiger partial charge in [0.15, 0.2) is 0 Å². The van der Waals surface area contributed by atoms with Crippen molar-refractivity contribution in [2.45, 2.75) is 26.3 Å². The molecule has 17 heavy (non-hydrogen) atoms. The van der Waals surface area contributed by atoms with Crippen molar-refractivity contribution >= 4 is 11.9 Å². The third-order valence-electron chi connectivity index (χ3n) is 2.73. The molecule has 1 aliphatic heterocycles. The number of carbonyl (C=O) groups excluding carboxylic acids is 2. The van der Waals surface area contributed by atoms with Crippen molar-refractivity contribution in [1.29, 1.82) is 0 Å². The highest BCUT2D eigenvalue weighted by Crippen LogP contribution is 2.14. The molecule has 0 aromatic carbocycles. The Kier molecular flexibility index (Phi) is 5.37. The maximum absolute atomic E-state index is 11.6. The number of amides is 3. The standard InChI is InChI=1S/C11H22N4O2/c1-3-13-11(17)14-10(16)7-15-5-8(2)4-9(12)6-15/h8-9H,3-7,12H2,1-2H3,(H2,13,14,16,17). The molecule has 0 saturated carbocycles. The van der Waals surface area contributed by atoms with Crippen LogP contribution in [0.5, 0.6) is 0 Å². The third kappa shape index (κ3) is 5.14. The van der Waals surface area contributed by atoms with Crippen molar-refractivity contribution in [3.63, 3.8) is 0 Å². The fraction of sp³-hybridized carbons (Fsp3) is 0.818. The third-order valence-corrected chi connectivity index (χ3v) is 2.73. The van der Waals surface area contributed by atoms with E-state index in [1.54, 1.807) is 6.92 Å². The highest BCUT2D eigenvalue weighted by Gasteiger charge is 2.23. The van der Waals surface area contributed by atoms with E-state index in [1.165, 1.54) is 0 Å². The molecule has 0 bridgehead atoms. The molecule has 0 spiro atoms. The minimum absolute atomic E-state index is 0.121. The van der Waals surface area contributed by atoms with Gasteiger partial charge in [-0.05, 0) is 19.3 Å². The van der Waals surface area contributed by atoms with Crippen molar-refractivity contribution in [1.82, 2.24) is 15.5 Å². The van der Waals surface area contributed by atoms with E-state index in [9.17, 15) is 9.59 Å². The average Bonchev–Trinajstić information content (AvgIpc) is 2.14. The number of imide groups is 1. The first kappa shape index (κ1) is 13.9. The lowest BCUT2D eigenvalue weighted by atomic mass is 9.97. The summed E-state index contributed by atoms with van der Waals surface area (Å²) in [5.41, 5.74) is 5.89. The molecule has 0 aliphatic carbocycles. The van der Waals surface area contributed by atoms with Gasteiger partial charge in [-0.15, -0.1) is 0 Å². The van der Waals surface area contributed by atoms with Gasteiger partial charge in [0, 0.05) is 25.7 Å². The predicted molar refractivity (Wildman–Crippen MR) is 65.4 cm³/mol. The van der Waals surface area contributed by atoms with Gasteiger partial charge in [-0.3, -0.25) is 15.0 Å². The first-order valence-electron chi connectivity index (χ1n) is 6.06. The lowest BCUT2D eigenvalue weighted by Crippen LogP contribution is -2.51. The predicted octanol–water partition coefficient (Wildman–Crippen LogP) is -0.499. The average molecular weight is 242 g/mol. The lowest BCUT2D eigenvalue weighted by molar-refractivity contribution is -0.121. The van der Waals surface area contributed by atoms with E-state index >= 15 is 0 Å². The highest BCUT2D eigenvalue weighted by molar-refractivity contribution is 5.95. The van der Waals surface area contributed by atoms with Gasteiger partial charge in [0.2, 0.25) is 5.91 Å². The van der Waals surface area contributed by atoms with Gasteiger partial charge in [-0.1, -0.05) is 6.92 Å². The largest absolute Gasteiger partial charge is 0.338 e. The summed E-state index contributed by atoms with van der Waals surface area (Å²) in [5.74, 6) is 0.216. The van der Waals surface area contributed by atoms with Crippen molar-refractivity contribution < 1.29 is 9.59 Å². The van der Waals surface area contributed by atoms with Crippen LogP contribution in [-0.4, -0.2) is 49.1 Å². The number of nitrogens with zero attached hydrogens (tertiary/aromatic N) is 1. The number of nitrogens with two attached hydrogens (primary N) is 1. The zero-order valence-corrected chi connectivity index (χ0v) is 10.5. The molecule has 1 saturated heterocycles. The second-order valence-corrected chi connectivity index (χ2v) is 4.70. The van der Waals surface area contributed by atoms with Gasteiger partial charge in [0.05, 0.1) is 6.54 Å². The van der Waals surface area contributed by atoms with Crippen LogP contribution in [0.1, 0.15) is 20.3 Å². The molecule has 98 valence electrons. The molecule has 1 aliphatic rings. The first-order valence-corrected chi connectivity index (χ1v) is 6.06. The fourth-order valence-electron chi connectivity index (χ4n) is 2.22. The second-order valence-electron chi connectivity index (χ2n) is 4.70. The Morgan fingerprint density at radius 1 is 1.41 bits per heavy atom. The summed E-state index contributed by atoms with van der Waals surface area (Å²) in [7, 11) is 0. The van der Waals surface area contributed by atoms with Gasteiger partial charge >= 0.3 is 6.03 Å². The summed E-state index contributed by atoms with van der Waals surface area (Å²) in [6, 6.07) is -0.317. The van der Waals surface area contributed by atoms with E-state index in [-0.39, 0.29) is 18.5 Å². The molecule has 1 rings (SSSR count). The van der Waals surface area contributed by atoms with Crippen LogP contribution < -0.4 is 16.4 Å². The Hall–Kier alpha value is -1.14. The number of urea groups is 1. The normalized spacial score (nSPS) is 25.4. The Morgan fingerprint density at radius 2 is 2.12 bits per heavy atom. The number of hydrogen-bond donors (Lipinski definition) is 3. The van der Waals surface area contributed by atoms with E-state index in [2.05, 4.69) is 17.6 Å². The molecule has 4 N–H and O–H groups in total. The molecule has 6 heteroatoms. The molecule has 3 amide bonds. The Morgan fingerprint density at radius 3 is 2.71 bits per heavy atom. The monoisotopic (exact) mass is 242 g/mol. The highest BCUT2D eigenvalue weighted by atomic mass is 16.2. The van der Waals surface area contributed by atoms with E-state index < -0.39 is 6.03 Å². The van der Waals surface area contributed by atoms with Crippen LogP contribution in [0.15, 0.2) is 0 Å². The quantitative estimate of drug-likeness (QED) is 0.622. The molecule has 0 aromatic heterocycles. The summed E-state index contributed by atoms with van der Waals surface area (Å²) in [4.78, 5) is 24.7. The number of likely N-dealkylation sites (tertiary alicyclic amines) is 1. The lowest BCUT2D eigenvalue weighted by Gasteiger charge is -2.34. The maximum Gasteiger partial charge on any atom is 0.321 e. The SMILES string of the molecule is CCNC(=O)NC(=O)CN1CC(C)CC(N)C1. The molecule has 6 nitrogen and oxygen atoms in total. The van der Waals surface area contributed by atoms with Crippen molar-refractivity contribution in [2.75, 3.05) is 26.2 Å². The van der Waals surface area contributed by atoms with Crippen molar-refractivity contribution in [3.8, 4) is 0 Å². The Bertz CT molecular complexity index is 273. The molecule has 2 unspecified atom stereocenters. The first-order chi connectivity index (χ1) is 8.01. The smallest absolute Gasteiger partial charge is 0.321 e. The molecule has 0 radical (unpaired) electrons. The van der Waals surface area contributed by atoms with Gasteiger partial charge in [-0.2, -0.15) is 0 Å². The number of piperidine rings is 1. The Labute approximate surface area is 102 Å². The molecule has 2 atom stereocenters. The minimum Gasteiger partial charge on any atom is -0.338 e. The van der Waals surface area contributed by atoms with E-state index in [1.807, 2.05) is 4.90 Å². The van der Waals surface area contributed by atoms with Gasteiger partial charge in [-0.25, -0.2) is 4.79 Å². The molecule has 1 heterocycles. The second kappa shape index (κ2) is 6.56. The van der Waals surface area contributed by atoms with Crippen LogP contribution in [0.3, 0.4) is 0 Å². The summed E-state index contributed by atoms with van der Waals surface area (Å²) in [5, 5.41) is 4.80. The maximum atomic E-state index is 11.6. The van der Waals surface area contributed by atoms with E-state index in [0.29, 0.717) is 19.0 Å². The zero-order valence-electron chi connectivity index (χ0n) is 10.5. The molecular weight excluding hydrogens is 220 g/mol. The summed E-state index contributed by atoms with van der Waals surface area (Å²) < 4.78 is 0. The summed E-state index contributed by atoms with van der Waals surface area (Å²) in [6.45, 7) is 6.23. The fourth-order valence-corrected chi connectivity index (χ4v) is 2.22. The van der Waals surface area contributed by atoms with E-state index in [0.717, 1.165) is 13.0 Å². The van der Waals surface area contributed by atoms with Gasteiger partial charge in [0.25, 0.3) is 0 Å². The van der Waals surface area contributed by atoms with Crippen LogP contribution in [0.4, 0.5) is 4.79 Å². The van der Waals surface area contributed by atoms with E-state index in [4.69, 9.17) is 5.73 Å². The van der Waals surface area contributed by atoms with Crippen LogP contribution in [0.2, 0.25) is 0 Å². The number of hydrogen-bond acceptors (Lipinski definition) is 4. The Balaban J connectivity index is 2.32. The summed E-state index contributed by atoms with van der Waals surface area (Å²) >= 11 is 0. The minimum atomic E-state index is -0.438. The van der Waals surface area contributed by atoms with Crippen LogP contribution in [0.25, 0.3) is 0 Å². The number of carbonyl (C=O) groups is 2. The van der Waals surface area contributed by atoms with Crippen molar-refractivity contribution in [3.05, 3.63) is 0 Å². The van der Waals surface area contributed by atoms with Crippen LogP contribution >= 0.6 is 0 Å². The van der Waals surface area contributed by atoms with Crippen LogP contribution in [-0.2, 0) is 4.79 Å². The summed E-state index contributed by atoms with van der Waals surface area (Å²) in [6.07, 6.45) is 0.994. The molecule has 1 fully saturated rings. The number of rotatable bonds is 3.